The lowest BCUT2D eigenvalue weighted by atomic mass is 10.1. The van der Waals surface area contributed by atoms with E-state index in [0.29, 0.717) is 13.2 Å². The van der Waals surface area contributed by atoms with Crippen LogP contribution in [0.5, 0.6) is 0 Å². The molecule has 1 atom stereocenters. The molecule has 0 amide bonds. The lowest BCUT2D eigenvalue weighted by molar-refractivity contribution is -0.155. The third-order valence-corrected chi connectivity index (χ3v) is 4.40. The van der Waals surface area contributed by atoms with Gasteiger partial charge in [0.15, 0.2) is 6.10 Å². The molecule has 0 rings (SSSR count). The zero-order chi connectivity index (χ0) is 19.5. The Hall–Kier alpha value is -1.10. The van der Waals surface area contributed by atoms with Crippen LogP contribution >= 0.6 is 0 Å². The molecule has 0 aromatic carbocycles. The fraction of sp³-hybridized carbons (Fsp3) is 0.905. The van der Waals surface area contributed by atoms with E-state index in [1.54, 1.807) is 0 Å². The van der Waals surface area contributed by atoms with Crippen LogP contribution in [-0.2, 0) is 19.1 Å². The first-order valence-corrected chi connectivity index (χ1v) is 10.6. The highest BCUT2D eigenvalue weighted by Crippen LogP contribution is 2.08. The number of ether oxygens (including phenoxy) is 2. The Labute approximate surface area is 159 Å². The van der Waals surface area contributed by atoms with Crippen molar-refractivity contribution in [2.24, 2.45) is 0 Å². The van der Waals surface area contributed by atoms with Gasteiger partial charge in [-0.25, -0.2) is 4.79 Å². The number of rotatable bonds is 18. The van der Waals surface area contributed by atoms with Crippen LogP contribution in [0.2, 0.25) is 0 Å². The van der Waals surface area contributed by atoms with Crippen LogP contribution in [0.4, 0.5) is 0 Å². The van der Waals surface area contributed by atoms with Gasteiger partial charge in [-0.15, -0.1) is 0 Å². The van der Waals surface area contributed by atoms with Crippen molar-refractivity contribution in [2.45, 2.75) is 110 Å². The minimum Gasteiger partial charge on any atom is -0.466 e. The summed E-state index contributed by atoms with van der Waals surface area (Å²) in [5.41, 5.74) is 0. The van der Waals surface area contributed by atoms with Gasteiger partial charge in [0, 0.05) is 6.42 Å². The molecular formula is C21H40O5. The van der Waals surface area contributed by atoms with E-state index in [1.165, 1.54) is 44.9 Å². The number of aliphatic hydroxyl groups excluding tert-OH is 1. The Morgan fingerprint density at radius 2 is 1.19 bits per heavy atom. The molecule has 0 unspecified atom stereocenters. The van der Waals surface area contributed by atoms with Gasteiger partial charge in [0.2, 0.25) is 0 Å². The largest absolute Gasteiger partial charge is 0.466 e. The predicted molar refractivity (Wildman–Crippen MR) is 104 cm³/mol. The van der Waals surface area contributed by atoms with Gasteiger partial charge in [-0.2, -0.15) is 0 Å². The maximum absolute atomic E-state index is 11.7. The molecule has 1 N–H and O–H groups in total. The van der Waals surface area contributed by atoms with Gasteiger partial charge in [0.25, 0.3) is 0 Å². The molecule has 0 fully saturated rings. The van der Waals surface area contributed by atoms with E-state index >= 15 is 0 Å². The molecule has 5 nitrogen and oxygen atoms in total. The summed E-state index contributed by atoms with van der Waals surface area (Å²) in [6.07, 6.45) is 12.4. The Morgan fingerprint density at radius 1 is 0.731 bits per heavy atom. The van der Waals surface area contributed by atoms with E-state index in [4.69, 9.17) is 9.47 Å². The molecule has 0 aliphatic heterocycles. The van der Waals surface area contributed by atoms with Crippen molar-refractivity contribution >= 4 is 11.9 Å². The summed E-state index contributed by atoms with van der Waals surface area (Å²) in [6, 6.07) is 0. The highest BCUT2D eigenvalue weighted by atomic mass is 16.5. The molecule has 0 heterocycles. The topological polar surface area (TPSA) is 72.8 Å². The van der Waals surface area contributed by atoms with Crippen LogP contribution in [0.25, 0.3) is 0 Å². The summed E-state index contributed by atoms with van der Waals surface area (Å²) in [5.74, 6) is -0.997. The summed E-state index contributed by atoms with van der Waals surface area (Å²) in [4.78, 5) is 23.3. The van der Waals surface area contributed by atoms with E-state index in [1.807, 2.05) is 0 Å². The fourth-order valence-corrected chi connectivity index (χ4v) is 2.66. The van der Waals surface area contributed by atoms with Crippen LogP contribution in [0.3, 0.4) is 0 Å². The van der Waals surface area contributed by atoms with Gasteiger partial charge in [0.05, 0.1) is 13.2 Å². The van der Waals surface area contributed by atoms with E-state index in [2.05, 4.69) is 13.8 Å². The van der Waals surface area contributed by atoms with Gasteiger partial charge in [-0.1, -0.05) is 78.1 Å². The van der Waals surface area contributed by atoms with E-state index in [-0.39, 0.29) is 18.8 Å². The lowest BCUT2D eigenvalue weighted by Crippen LogP contribution is -2.24. The van der Waals surface area contributed by atoms with Gasteiger partial charge in [-0.3, -0.25) is 4.79 Å². The minimum atomic E-state index is -1.24. The number of aliphatic hydroxyl groups is 1. The van der Waals surface area contributed by atoms with Crippen LogP contribution in [-0.4, -0.2) is 36.4 Å². The molecule has 0 bridgehead atoms. The summed E-state index contributed by atoms with van der Waals surface area (Å²) < 4.78 is 10.2. The Balaban J connectivity index is 3.53. The first kappa shape index (κ1) is 24.9. The molecule has 26 heavy (non-hydrogen) atoms. The molecule has 0 aliphatic carbocycles. The second kappa shape index (κ2) is 18.7. The number of hydrogen-bond acceptors (Lipinski definition) is 5. The van der Waals surface area contributed by atoms with Gasteiger partial charge in [0.1, 0.15) is 0 Å². The first-order valence-electron chi connectivity index (χ1n) is 10.6. The normalized spacial score (nSPS) is 12.0. The van der Waals surface area contributed by atoms with Crippen molar-refractivity contribution < 1.29 is 24.2 Å². The summed E-state index contributed by atoms with van der Waals surface area (Å²) in [6.45, 7) is 5.11. The van der Waals surface area contributed by atoms with Crippen LogP contribution in [0, 0.1) is 0 Å². The maximum atomic E-state index is 11.7. The zero-order valence-electron chi connectivity index (χ0n) is 17.0. The lowest BCUT2D eigenvalue weighted by Gasteiger charge is -2.10. The summed E-state index contributed by atoms with van der Waals surface area (Å²) in [7, 11) is 0. The number of carbonyl (C=O) groups excluding carboxylic acids is 2. The fourth-order valence-electron chi connectivity index (χ4n) is 2.66. The Morgan fingerprint density at radius 3 is 1.73 bits per heavy atom. The molecule has 0 aliphatic rings. The number of hydrogen-bond donors (Lipinski definition) is 1. The molecule has 0 saturated heterocycles. The number of esters is 2. The Bertz CT molecular complexity index is 343. The van der Waals surface area contributed by atoms with Crippen molar-refractivity contribution in [3.05, 3.63) is 0 Å². The van der Waals surface area contributed by atoms with Crippen molar-refractivity contribution in [2.75, 3.05) is 13.2 Å². The van der Waals surface area contributed by atoms with Gasteiger partial charge >= 0.3 is 11.9 Å². The average Bonchev–Trinajstić information content (AvgIpc) is 2.64. The van der Waals surface area contributed by atoms with E-state index in [9.17, 15) is 14.7 Å². The van der Waals surface area contributed by atoms with E-state index < -0.39 is 12.1 Å². The van der Waals surface area contributed by atoms with Crippen LogP contribution in [0.1, 0.15) is 104 Å². The quantitative estimate of drug-likeness (QED) is 0.273. The second-order valence-corrected chi connectivity index (χ2v) is 6.98. The highest BCUT2D eigenvalue weighted by Gasteiger charge is 2.18. The molecule has 0 saturated carbocycles. The van der Waals surface area contributed by atoms with Gasteiger partial charge in [-0.05, 0) is 19.3 Å². The minimum absolute atomic E-state index is 0.0448. The van der Waals surface area contributed by atoms with Crippen LogP contribution < -0.4 is 0 Å². The second-order valence-electron chi connectivity index (χ2n) is 6.98. The molecular weight excluding hydrogens is 332 g/mol. The molecule has 5 heteroatoms. The van der Waals surface area contributed by atoms with Crippen molar-refractivity contribution in [1.29, 1.82) is 0 Å². The average molecular weight is 373 g/mol. The van der Waals surface area contributed by atoms with Crippen molar-refractivity contribution in [3.8, 4) is 0 Å². The SMILES string of the molecule is CCCCCCCCOC(=O)CC[C@H](O)C(=O)OCCCCCCCC. The molecule has 0 radical (unpaired) electrons. The third kappa shape index (κ3) is 16.4. The van der Waals surface area contributed by atoms with Crippen molar-refractivity contribution in [1.82, 2.24) is 0 Å². The summed E-state index contributed by atoms with van der Waals surface area (Å²) in [5, 5.41) is 9.75. The van der Waals surface area contributed by atoms with Crippen molar-refractivity contribution in [3.63, 3.8) is 0 Å². The number of carbonyl (C=O) groups is 2. The number of unbranched alkanes of at least 4 members (excludes halogenated alkanes) is 10. The zero-order valence-corrected chi connectivity index (χ0v) is 17.0. The maximum Gasteiger partial charge on any atom is 0.334 e. The smallest absolute Gasteiger partial charge is 0.334 e. The predicted octanol–water partition coefficient (Wildman–Crippen LogP) is 4.93. The van der Waals surface area contributed by atoms with E-state index in [0.717, 1.165) is 32.1 Å². The standard InChI is InChI=1S/C21H40O5/c1-3-5-7-9-11-13-17-25-20(23)16-15-19(22)21(24)26-18-14-12-10-8-6-4-2/h19,22H,3-18H2,1-2H3/t19-/m0/s1. The summed E-state index contributed by atoms with van der Waals surface area (Å²) >= 11 is 0. The monoisotopic (exact) mass is 372 g/mol. The Kier molecular flexibility index (Phi) is 17.9. The molecule has 154 valence electrons. The molecule has 0 spiro atoms. The first-order chi connectivity index (χ1) is 12.6. The molecule has 0 aromatic rings. The molecule has 0 aromatic heterocycles. The van der Waals surface area contributed by atoms with Crippen LogP contribution in [0.15, 0.2) is 0 Å². The van der Waals surface area contributed by atoms with Gasteiger partial charge < -0.3 is 14.6 Å². The highest BCUT2D eigenvalue weighted by molar-refractivity contribution is 5.76. The third-order valence-electron chi connectivity index (χ3n) is 4.40.